The maximum Gasteiger partial charge on any atom is 0.324 e. The Bertz CT molecular complexity index is 171. The van der Waals surface area contributed by atoms with E-state index >= 15 is 0 Å². The number of carbonyl (C=O) groups is 1. The first-order valence-corrected chi connectivity index (χ1v) is 4.03. The molecule has 0 radical (unpaired) electrons. The number of carboxylic acids is 1. The van der Waals surface area contributed by atoms with Crippen LogP contribution in [-0.4, -0.2) is 27.2 Å². The van der Waals surface area contributed by atoms with Crippen molar-refractivity contribution in [2.45, 2.75) is 36.7 Å². The Morgan fingerprint density at radius 3 is 2.64 bits per heavy atom. The highest BCUT2D eigenvalue weighted by atomic mass is 35.5. The van der Waals surface area contributed by atoms with E-state index in [1.165, 1.54) is 0 Å². The number of hydrogen-bond donors (Lipinski definition) is 2. The van der Waals surface area contributed by atoms with E-state index in [4.69, 9.17) is 21.8 Å². The number of aliphatic hydroxyl groups excluding tert-OH is 1. The fourth-order valence-electron chi connectivity index (χ4n) is 1.39. The Kier molecular flexibility index (Phi) is 2.40. The van der Waals surface area contributed by atoms with Gasteiger partial charge in [-0.1, -0.05) is 0 Å². The predicted molar refractivity (Wildman–Crippen MR) is 40.7 cm³/mol. The zero-order valence-electron chi connectivity index (χ0n) is 6.09. The number of carboxylic acid groups (broad SMARTS) is 1. The summed E-state index contributed by atoms with van der Waals surface area (Å²) in [7, 11) is 0. The van der Waals surface area contributed by atoms with Gasteiger partial charge in [0.25, 0.3) is 0 Å². The molecule has 0 aromatic heterocycles. The van der Waals surface area contributed by atoms with Crippen LogP contribution in [0, 0.1) is 0 Å². The van der Waals surface area contributed by atoms with Crippen LogP contribution in [0.2, 0.25) is 0 Å². The van der Waals surface area contributed by atoms with Crippen molar-refractivity contribution in [3.8, 4) is 0 Å². The van der Waals surface area contributed by atoms with E-state index in [0.29, 0.717) is 19.3 Å². The Morgan fingerprint density at radius 2 is 2.27 bits per heavy atom. The molecule has 0 amide bonds. The van der Waals surface area contributed by atoms with E-state index in [0.717, 1.165) is 0 Å². The second-order valence-electron chi connectivity index (χ2n) is 3.02. The number of aliphatic carboxylic acids is 1. The molecule has 64 valence electrons. The van der Waals surface area contributed by atoms with Crippen LogP contribution >= 0.6 is 11.6 Å². The maximum absolute atomic E-state index is 10.6. The molecule has 0 aromatic carbocycles. The molecule has 1 fully saturated rings. The van der Waals surface area contributed by atoms with Gasteiger partial charge in [-0.25, -0.2) is 0 Å². The molecular formula is C7H11ClO3. The molecule has 1 rings (SSSR count). The maximum atomic E-state index is 10.6. The summed E-state index contributed by atoms with van der Waals surface area (Å²) in [6, 6.07) is 0. The minimum atomic E-state index is -1.21. The molecule has 4 heteroatoms. The molecule has 1 saturated carbocycles. The SMILES string of the molecule is O=C(O)[C@]1(Cl)CCC[C@H](O)C1. The molecule has 0 bridgehead atoms. The van der Waals surface area contributed by atoms with Gasteiger partial charge in [0.15, 0.2) is 0 Å². The van der Waals surface area contributed by atoms with Gasteiger partial charge in [-0.3, -0.25) is 4.79 Å². The van der Waals surface area contributed by atoms with E-state index in [2.05, 4.69) is 0 Å². The lowest BCUT2D eigenvalue weighted by Gasteiger charge is -2.29. The van der Waals surface area contributed by atoms with Crippen molar-refractivity contribution in [1.82, 2.24) is 0 Å². The first kappa shape index (κ1) is 8.81. The zero-order valence-corrected chi connectivity index (χ0v) is 6.84. The van der Waals surface area contributed by atoms with Crippen LogP contribution in [0.15, 0.2) is 0 Å². The lowest BCUT2D eigenvalue weighted by atomic mass is 9.86. The fourth-order valence-corrected chi connectivity index (χ4v) is 1.70. The Hall–Kier alpha value is -0.280. The molecular weight excluding hydrogens is 168 g/mol. The summed E-state index contributed by atoms with van der Waals surface area (Å²) in [4.78, 5) is 9.37. The van der Waals surface area contributed by atoms with Crippen LogP contribution in [0.3, 0.4) is 0 Å². The van der Waals surface area contributed by atoms with Crippen LogP contribution in [0.25, 0.3) is 0 Å². The molecule has 2 atom stereocenters. The molecule has 1 aliphatic rings. The topological polar surface area (TPSA) is 57.5 Å². The molecule has 0 saturated heterocycles. The Morgan fingerprint density at radius 1 is 1.64 bits per heavy atom. The van der Waals surface area contributed by atoms with Gasteiger partial charge in [-0.05, 0) is 19.3 Å². The molecule has 0 spiro atoms. The summed E-state index contributed by atoms with van der Waals surface area (Å²) >= 11 is 5.75. The van der Waals surface area contributed by atoms with Gasteiger partial charge in [0, 0.05) is 6.42 Å². The molecule has 0 aromatic rings. The normalized spacial score (nSPS) is 38.5. The quantitative estimate of drug-likeness (QED) is 0.589. The Balaban J connectivity index is 2.63. The number of hydrogen-bond acceptors (Lipinski definition) is 2. The second-order valence-corrected chi connectivity index (χ2v) is 3.74. The first-order chi connectivity index (χ1) is 5.04. The zero-order chi connectivity index (χ0) is 8.48. The van der Waals surface area contributed by atoms with Gasteiger partial charge >= 0.3 is 5.97 Å². The monoisotopic (exact) mass is 178 g/mol. The van der Waals surface area contributed by atoms with Crippen LogP contribution in [0.5, 0.6) is 0 Å². The van der Waals surface area contributed by atoms with Crippen molar-refractivity contribution in [1.29, 1.82) is 0 Å². The molecule has 3 nitrogen and oxygen atoms in total. The van der Waals surface area contributed by atoms with Crippen molar-refractivity contribution in [3.63, 3.8) is 0 Å². The van der Waals surface area contributed by atoms with E-state index in [1.807, 2.05) is 0 Å². The average molecular weight is 179 g/mol. The first-order valence-electron chi connectivity index (χ1n) is 3.65. The molecule has 0 unspecified atom stereocenters. The van der Waals surface area contributed by atoms with E-state index in [9.17, 15) is 4.79 Å². The van der Waals surface area contributed by atoms with Crippen molar-refractivity contribution >= 4 is 17.6 Å². The Labute approximate surface area is 70.0 Å². The van der Waals surface area contributed by atoms with E-state index in [-0.39, 0.29) is 6.42 Å². The van der Waals surface area contributed by atoms with Crippen molar-refractivity contribution in [3.05, 3.63) is 0 Å². The van der Waals surface area contributed by atoms with Crippen LogP contribution in [-0.2, 0) is 4.79 Å². The average Bonchev–Trinajstić information content (AvgIpc) is 1.86. The molecule has 0 aliphatic heterocycles. The van der Waals surface area contributed by atoms with Gasteiger partial charge in [0.05, 0.1) is 6.10 Å². The van der Waals surface area contributed by atoms with Crippen molar-refractivity contribution in [2.75, 3.05) is 0 Å². The summed E-state index contributed by atoms with van der Waals surface area (Å²) in [5.74, 6) is -1.02. The lowest BCUT2D eigenvalue weighted by molar-refractivity contribution is -0.142. The fraction of sp³-hybridized carbons (Fsp3) is 0.857. The highest BCUT2D eigenvalue weighted by Gasteiger charge is 2.40. The number of rotatable bonds is 1. The largest absolute Gasteiger partial charge is 0.480 e. The third-order valence-corrected chi connectivity index (χ3v) is 2.56. The highest BCUT2D eigenvalue weighted by Crippen LogP contribution is 2.34. The summed E-state index contributed by atoms with van der Waals surface area (Å²) in [5, 5.41) is 17.8. The summed E-state index contributed by atoms with van der Waals surface area (Å²) in [6.07, 6.45) is 1.45. The lowest BCUT2D eigenvalue weighted by Crippen LogP contribution is -2.39. The number of alkyl halides is 1. The van der Waals surface area contributed by atoms with E-state index in [1.54, 1.807) is 0 Å². The van der Waals surface area contributed by atoms with Gasteiger partial charge in [0.1, 0.15) is 4.87 Å². The van der Waals surface area contributed by atoms with Gasteiger partial charge in [-0.2, -0.15) is 0 Å². The van der Waals surface area contributed by atoms with Crippen molar-refractivity contribution < 1.29 is 15.0 Å². The molecule has 1 aliphatic carbocycles. The second kappa shape index (κ2) is 2.99. The summed E-state index contributed by atoms with van der Waals surface area (Å²) in [5.41, 5.74) is 0. The predicted octanol–water partition coefficient (Wildman–Crippen LogP) is 0.983. The molecule has 0 heterocycles. The highest BCUT2D eigenvalue weighted by molar-refractivity contribution is 6.33. The summed E-state index contributed by atoms with van der Waals surface area (Å²) < 4.78 is 0. The smallest absolute Gasteiger partial charge is 0.324 e. The van der Waals surface area contributed by atoms with Crippen LogP contribution < -0.4 is 0 Å². The third-order valence-electron chi connectivity index (χ3n) is 2.05. The third kappa shape index (κ3) is 1.84. The molecule has 2 N–H and O–H groups in total. The minimum absolute atomic E-state index is 0.171. The van der Waals surface area contributed by atoms with Gasteiger partial charge < -0.3 is 10.2 Å². The number of halogens is 1. The standard InChI is InChI=1S/C7H11ClO3/c8-7(6(10)11)3-1-2-5(9)4-7/h5,9H,1-4H2,(H,10,11)/t5-,7-/m0/s1. The summed E-state index contributed by atoms with van der Waals surface area (Å²) in [6.45, 7) is 0. The molecule has 11 heavy (non-hydrogen) atoms. The minimum Gasteiger partial charge on any atom is -0.480 e. The number of aliphatic hydroxyl groups is 1. The van der Waals surface area contributed by atoms with Crippen LogP contribution in [0.1, 0.15) is 25.7 Å². The van der Waals surface area contributed by atoms with E-state index < -0.39 is 16.9 Å². The van der Waals surface area contributed by atoms with Crippen molar-refractivity contribution in [2.24, 2.45) is 0 Å². The van der Waals surface area contributed by atoms with Gasteiger partial charge in [-0.15, -0.1) is 11.6 Å². The van der Waals surface area contributed by atoms with Gasteiger partial charge in [0.2, 0.25) is 0 Å². The van der Waals surface area contributed by atoms with Crippen LogP contribution in [0.4, 0.5) is 0 Å².